The summed E-state index contributed by atoms with van der Waals surface area (Å²) in [6.45, 7) is 15.2. The van der Waals surface area contributed by atoms with Crippen molar-refractivity contribution in [2.75, 3.05) is 7.11 Å². The van der Waals surface area contributed by atoms with Gasteiger partial charge < -0.3 is 19.7 Å². The number of hydrogen-bond acceptors (Lipinski definition) is 6. The number of rotatable bonds is 5. The first-order valence-corrected chi connectivity index (χ1v) is 14.4. The van der Waals surface area contributed by atoms with Crippen LogP contribution in [0.5, 0.6) is 0 Å². The molecule has 1 aliphatic heterocycles. The van der Waals surface area contributed by atoms with Gasteiger partial charge in [0.1, 0.15) is 17.0 Å². The van der Waals surface area contributed by atoms with Crippen LogP contribution in [0.2, 0.25) is 0 Å². The van der Waals surface area contributed by atoms with Crippen LogP contribution in [0.4, 0.5) is 0 Å². The van der Waals surface area contributed by atoms with Gasteiger partial charge in [0.25, 0.3) is 0 Å². The van der Waals surface area contributed by atoms with E-state index in [1.165, 1.54) is 7.11 Å². The van der Waals surface area contributed by atoms with Gasteiger partial charge >= 0.3 is 5.97 Å². The molecular formula is C31H48O6. The van der Waals surface area contributed by atoms with Crippen LogP contribution in [0.25, 0.3) is 0 Å². The highest BCUT2D eigenvalue weighted by atomic mass is 16.6. The van der Waals surface area contributed by atoms with Gasteiger partial charge in [-0.1, -0.05) is 41.5 Å². The van der Waals surface area contributed by atoms with Gasteiger partial charge in [0, 0.05) is 17.4 Å². The molecule has 10 atom stereocenters. The van der Waals surface area contributed by atoms with Gasteiger partial charge in [-0.05, 0) is 86.0 Å². The van der Waals surface area contributed by atoms with E-state index in [4.69, 9.17) is 9.47 Å². The average molecular weight is 517 g/mol. The Balaban J connectivity index is 1.44. The van der Waals surface area contributed by atoms with Crippen molar-refractivity contribution in [1.82, 2.24) is 0 Å². The molecule has 6 nitrogen and oxygen atoms in total. The number of methoxy groups -OCH3 is 1. The largest absolute Gasteiger partial charge is 0.466 e. The van der Waals surface area contributed by atoms with Gasteiger partial charge in [-0.25, -0.2) is 4.79 Å². The Hall–Kier alpha value is -1.24. The molecule has 0 aromatic rings. The van der Waals surface area contributed by atoms with Gasteiger partial charge in [-0.3, -0.25) is 4.79 Å². The highest BCUT2D eigenvalue weighted by Gasteiger charge is 2.89. The van der Waals surface area contributed by atoms with E-state index in [0.717, 1.165) is 38.5 Å². The zero-order valence-corrected chi connectivity index (χ0v) is 24.1. The molecule has 5 aliphatic rings. The number of Topliss-reactive ketones (excluding diaryl/α,β-unsaturated/α-hetero) is 1. The van der Waals surface area contributed by atoms with Crippen molar-refractivity contribution in [1.29, 1.82) is 0 Å². The normalized spacial score (nSPS) is 49.7. The summed E-state index contributed by atoms with van der Waals surface area (Å²) in [4.78, 5) is 25.8. The third-order valence-electron chi connectivity index (χ3n) is 13.1. The fraction of sp³-hybridized carbons (Fsp3) is 0.871. The molecule has 10 unspecified atom stereocenters. The number of epoxide rings is 1. The number of carbonyl (C=O) groups is 2. The number of esters is 1. The topological polar surface area (TPSA) is 96.4 Å². The van der Waals surface area contributed by atoms with Crippen LogP contribution < -0.4 is 0 Å². The second-order valence-corrected chi connectivity index (χ2v) is 14.7. The molecule has 1 saturated heterocycles. The molecule has 0 spiro atoms. The van der Waals surface area contributed by atoms with Crippen LogP contribution >= 0.6 is 0 Å². The molecule has 37 heavy (non-hydrogen) atoms. The minimum atomic E-state index is -0.771. The van der Waals surface area contributed by atoms with Crippen molar-refractivity contribution in [3.8, 4) is 0 Å². The number of fused-ring (bicyclic) bond motifs is 2. The molecule has 0 bridgehead atoms. The summed E-state index contributed by atoms with van der Waals surface area (Å²) in [5, 5.41) is 21.7. The van der Waals surface area contributed by atoms with Crippen LogP contribution in [-0.2, 0) is 19.1 Å². The third kappa shape index (κ3) is 3.21. The maximum Gasteiger partial charge on any atom is 0.333 e. The van der Waals surface area contributed by atoms with Crippen molar-refractivity contribution in [3.05, 3.63) is 11.6 Å². The standard InChI is InChI=1S/C31H48O6/c1-18(25(35)36-8)15-20(32)16-19(2)29(7)17-21(33)24-28(29,6)13-14-31-27(5)11-10-23(34)26(3,4)22(27)9-12-30(24,31)37-31/h15,19-20,22-24,32,34H,9-14,16-17H2,1-8H3. The summed E-state index contributed by atoms with van der Waals surface area (Å²) in [7, 11) is 1.34. The Kier molecular flexibility index (Phi) is 6.01. The summed E-state index contributed by atoms with van der Waals surface area (Å²) in [6, 6.07) is 0. The first-order chi connectivity index (χ1) is 17.1. The molecule has 0 amide bonds. The van der Waals surface area contributed by atoms with Crippen LogP contribution in [0, 0.1) is 39.4 Å². The van der Waals surface area contributed by atoms with Gasteiger partial charge in [0.2, 0.25) is 0 Å². The molecule has 2 N–H and O–H groups in total. The lowest BCUT2D eigenvalue weighted by Gasteiger charge is -2.62. The second-order valence-electron chi connectivity index (χ2n) is 14.7. The predicted molar refractivity (Wildman–Crippen MR) is 141 cm³/mol. The van der Waals surface area contributed by atoms with E-state index in [9.17, 15) is 19.8 Å². The van der Waals surface area contributed by atoms with E-state index >= 15 is 0 Å². The minimum Gasteiger partial charge on any atom is -0.466 e. The Morgan fingerprint density at radius 3 is 2.43 bits per heavy atom. The van der Waals surface area contributed by atoms with E-state index in [1.54, 1.807) is 13.0 Å². The highest BCUT2D eigenvalue weighted by molar-refractivity contribution is 5.88. The predicted octanol–water partition coefficient (Wildman–Crippen LogP) is 4.99. The first-order valence-electron chi connectivity index (χ1n) is 14.4. The van der Waals surface area contributed by atoms with Gasteiger partial charge in [0.05, 0.1) is 25.2 Å². The average Bonchev–Trinajstić information content (AvgIpc) is 3.46. The Morgan fingerprint density at radius 1 is 1.11 bits per heavy atom. The Bertz CT molecular complexity index is 1030. The van der Waals surface area contributed by atoms with E-state index in [-0.39, 0.29) is 45.2 Å². The van der Waals surface area contributed by atoms with E-state index in [0.29, 0.717) is 30.1 Å². The maximum absolute atomic E-state index is 14.0. The summed E-state index contributed by atoms with van der Waals surface area (Å²) in [5.41, 5.74) is -0.932. The highest BCUT2D eigenvalue weighted by Crippen LogP contribution is 2.83. The monoisotopic (exact) mass is 516 g/mol. The molecule has 4 aliphatic carbocycles. The van der Waals surface area contributed by atoms with E-state index < -0.39 is 17.7 Å². The van der Waals surface area contributed by atoms with Crippen LogP contribution in [0.15, 0.2) is 11.6 Å². The number of carbonyl (C=O) groups excluding carboxylic acids is 2. The number of ketones is 1. The van der Waals surface area contributed by atoms with E-state index in [2.05, 4.69) is 41.5 Å². The minimum absolute atomic E-state index is 0.0351. The molecule has 4 saturated carbocycles. The van der Waals surface area contributed by atoms with Crippen molar-refractivity contribution in [3.63, 3.8) is 0 Å². The molecule has 208 valence electrons. The van der Waals surface area contributed by atoms with Crippen molar-refractivity contribution >= 4 is 11.8 Å². The Morgan fingerprint density at radius 2 is 1.78 bits per heavy atom. The third-order valence-corrected chi connectivity index (χ3v) is 13.1. The van der Waals surface area contributed by atoms with Crippen molar-refractivity contribution < 1.29 is 29.3 Å². The van der Waals surface area contributed by atoms with Gasteiger partial charge in [0.15, 0.2) is 0 Å². The lowest BCUT2D eigenvalue weighted by atomic mass is 9.40. The van der Waals surface area contributed by atoms with Crippen LogP contribution in [0.1, 0.15) is 99.8 Å². The molecule has 0 aromatic carbocycles. The molecule has 1 heterocycles. The van der Waals surface area contributed by atoms with Crippen molar-refractivity contribution in [2.45, 2.75) is 123 Å². The summed E-state index contributed by atoms with van der Waals surface area (Å²) in [5.74, 6) is 0.230. The molecule has 0 aromatic heterocycles. The summed E-state index contributed by atoms with van der Waals surface area (Å²) >= 11 is 0. The number of hydrogen-bond donors (Lipinski definition) is 2. The molecular weight excluding hydrogens is 468 g/mol. The fourth-order valence-electron chi connectivity index (χ4n) is 10.6. The SMILES string of the molecule is COC(=O)C(C)=CC(O)CC(C)C1(C)CC(=O)C2C1(C)CCC13OC21CCC1C(C)(C)C(O)CCC13C. The molecule has 5 rings (SSSR count). The number of aliphatic hydroxyl groups excluding tert-OH is 2. The zero-order chi connectivity index (χ0) is 27.4. The summed E-state index contributed by atoms with van der Waals surface area (Å²) in [6.07, 6.45) is 7.04. The number of ether oxygens (including phenoxy) is 2. The smallest absolute Gasteiger partial charge is 0.333 e. The Labute approximate surface area is 222 Å². The quantitative estimate of drug-likeness (QED) is 0.304. The fourth-order valence-corrected chi connectivity index (χ4v) is 10.6. The molecule has 6 heteroatoms. The van der Waals surface area contributed by atoms with Crippen molar-refractivity contribution in [2.24, 2.45) is 39.4 Å². The number of aliphatic hydroxyl groups is 2. The molecule has 5 fully saturated rings. The zero-order valence-electron chi connectivity index (χ0n) is 24.1. The maximum atomic E-state index is 14.0. The second kappa shape index (κ2) is 8.14. The lowest BCUT2D eigenvalue weighted by molar-refractivity contribution is -0.153. The van der Waals surface area contributed by atoms with Gasteiger partial charge in [-0.15, -0.1) is 0 Å². The van der Waals surface area contributed by atoms with Crippen LogP contribution in [-0.4, -0.2) is 52.5 Å². The first kappa shape index (κ1) is 27.3. The van der Waals surface area contributed by atoms with Crippen LogP contribution in [0.3, 0.4) is 0 Å². The summed E-state index contributed by atoms with van der Waals surface area (Å²) < 4.78 is 11.8. The van der Waals surface area contributed by atoms with E-state index in [1.807, 2.05) is 0 Å². The van der Waals surface area contributed by atoms with Gasteiger partial charge in [-0.2, -0.15) is 0 Å². The lowest BCUT2D eigenvalue weighted by Crippen LogP contribution is -2.64. The molecule has 0 radical (unpaired) electrons.